The van der Waals surface area contributed by atoms with Crippen molar-refractivity contribution in [3.63, 3.8) is 0 Å². The second-order valence-electron chi connectivity index (χ2n) is 6.72. The highest BCUT2D eigenvalue weighted by atomic mass is 16.1. The maximum atomic E-state index is 12.2. The third kappa shape index (κ3) is 2.19. The number of aryl methyl sites for hydroxylation is 1. The molecule has 3 aromatic rings. The molecule has 3 aromatic heterocycles. The maximum absolute atomic E-state index is 12.2. The summed E-state index contributed by atoms with van der Waals surface area (Å²) >= 11 is 0. The van der Waals surface area contributed by atoms with Gasteiger partial charge in [0.15, 0.2) is 5.65 Å². The van der Waals surface area contributed by atoms with Gasteiger partial charge < -0.3 is 4.40 Å². The highest BCUT2D eigenvalue weighted by Crippen LogP contribution is 2.24. The number of nitrogens with zero attached hydrogens (tertiary/aromatic N) is 3. The van der Waals surface area contributed by atoms with Crippen molar-refractivity contribution in [3.05, 3.63) is 51.7 Å². The molecule has 0 atom stereocenters. The summed E-state index contributed by atoms with van der Waals surface area (Å²) in [6.45, 7) is 10.4. The monoisotopic (exact) mass is 295 g/mol. The summed E-state index contributed by atoms with van der Waals surface area (Å²) in [5.41, 5.74) is 4.19. The van der Waals surface area contributed by atoms with E-state index < -0.39 is 0 Å². The molecule has 4 nitrogen and oxygen atoms in total. The molecule has 3 heterocycles. The number of rotatable bonds is 1. The van der Waals surface area contributed by atoms with E-state index in [1.165, 1.54) is 0 Å². The van der Waals surface area contributed by atoms with Crippen LogP contribution in [-0.2, 0) is 11.8 Å². The topological polar surface area (TPSA) is 47.3 Å². The van der Waals surface area contributed by atoms with E-state index in [4.69, 9.17) is 4.98 Å². The van der Waals surface area contributed by atoms with Crippen molar-refractivity contribution >= 4 is 16.6 Å². The molecule has 4 heteroatoms. The Bertz CT molecular complexity index is 933. The van der Waals surface area contributed by atoms with Gasteiger partial charge >= 0.3 is 0 Å². The first-order valence-corrected chi connectivity index (χ1v) is 7.65. The largest absolute Gasteiger partial charge is 0.305 e. The summed E-state index contributed by atoms with van der Waals surface area (Å²) in [5.74, 6) is 0. The minimum Gasteiger partial charge on any atom is -0.305 e. The Hall–Kier alpha value is -2.23. The molecule has 22 heavy (non-hydrogen) atoms. The van der Waals surface area contributed by atoms with Crippen molar-refractivity contribution in [3.8, 4) is 0 Å². The van der Waals surface area contributed by atoms with E-state index in [-0.39, 0.29) is 11.0 Å². The molecule has 0 saturated heterocycles. The lowest BCUT2D eigenvalue weighted by Gasteiger charge is -2.18. The Kier molecular flexibility index (Phi) is 3.28. The van der Waals surface area contributed by atoms with Gasteiger partial charge in [0.2, 0.25) is 0 Å². The van der Waals surface area contributed by atoms with Crippen LogP contribution in [0.25, 0.3) is 16.6 Å². The van der Waals surface area contributed by atoms with Crippen LogP contribution in [0.4, 0.5) is 0 Å². The molecule has 0 spiro atoms. The molecule has 0 N–H and O–H groups in total. The van der Waals surface area contributed by atoms with Crippen LogP contribution < -0.4 is 5.56 Å². The quantitative estimate of drug-likeness (QED) is 0.646. The van der Waals surface area contributed by atoms with Gasteiger partial charge in [-0.25, -0.2) is 0 Å². The maximum Gasteiger partial charge on any atom is 0.276 e. The summed E-state index contributed by atoms with van der Waals surface area (Å²) < 4.78 is 1.99. The SMILES string of the molecule is CCc1c(C)n2ccc3nc(C(C)(C)C)ccc3c2nc1=O. The number of aromatic nitrogens is 3. The van der Waals surface area contributed by atoms with Gasteiger partial charge in [-0.3, -0.25) is 9.78 Å². The summed E-state index contributed by atoms with van der Waals surface area (Å²) in [6.07, 6.45) is 2.65. The molecule has 0 radical (unpaired) electrons. The smallest absolute Gasteiger partial charge is 0.276 e. The number of hydrogen-bond acceptors (Lipinski definition) is 3. The fourth-order valence-electron chi connectivity index (χ4n) is 2.81. The molecule has 114 valence electrons. The Balaban J connectivity index is 2.40. The first kappa shape index (κ1) is 14.7. The lowest BCUT2D eigenvalue weighted by Crippen LogP contribution is -2.18. The lowest BCUT2D eigenvalue weighted by atomic mass is 9.91. The van der Waals surface area contributed by atoms with Gasteiger partial charge in [-0.15, -0.1) is 0 Å². The van der Waals surface area contributed by atoms with E-state index in [9.17, 15) is 4.79 Å². The van der Waals surface area contributed by atoms with E-state index in [1.54, 1.807) is 0 Å². The van der Waals surface area contributed by atoms with Crippen molar-refractivity contribution < 1.29 is 0 Å². The van der Waals surface area contributed by atoms with Crippen LogP contribution in [0.2, 0.25) is 0 Å². The molecular formula is C18H21N3O. The molecule has 0 amide bonds. The van der Waals surface area contributed by atoms with E-state index in [0.29, 0.717) is 12.1 Å². The van der Waals surface area contributed by atoms with Crippen molar-refractivity contribution in [2.45, 2.75) is 46.5 Å². The number of pyridine rings is 2. The van der Waals surface area contributed by atoms with Crippen LogP contribution in [-0.4, -0.2) is 14.4 Å². The molecule has 0 aromatic carbocycles. The van der Waals surface area contributed by atoms with Gasteiger partial charge in [-0.1, -0.05) is 27.7 Å². The van der Waals surface area contributed by atoms with Gasteiger partial charge in [0.05, 0.1) is 5.52 Å². The van der Waals surface area contributed by atoms with Crippen LogP contribution in [0, 0.1) is 6.92 Å². The molecule has 0 aliphatic rings. The predicted octanol–water partition coefficient (Wildman–Crippen LogP) is 3.41. The Labute approximate surface area is 129 Å². The Morgan fingerprint density at radius 3 is 2.50 bits per heavy atom. The Morgan fingerprint density at radius 2 is 1.86 bits per heavy atom. The van der Waals surface area contributed by atoms with Crippen LogP contribution in [0.3, 0.4) is 0 Å². The fourth-order valence-corrected chi connectivity index (χ4v) is 2.81. The molecule has 0 unspecified atom stereocenters. The second-order valence-corrected chi connectivity index (χ2v) is 6.72. The summed E-state index contributed by atoms with van der Waals surface area (Å²) in [4.78, 5) is 21.2. The number of hydrogen-bond donors (Lipinski definition) is 0. The second kappa shape index (κ2) is 4.90. The fraction of sp³-hybridized carbons (Fsp3) is 0.389. The first-order chi connectivity index (χ1) is 10.3. The predicted molar refractivity (Wildman–Crippen MR) is 89.6 cm³/mol. The van der Waals surface area contributed by atoms with Crippen LogP contribution in [0.1, 0.15) is 44.6 Å². The van der Waals surface area contributed by atoms with Gasteiger partial charge in [0.1, 0.15) is 0 Å². The van der Waals surface area contributed by atoms with Crippen molar-refractivity contribution in [1.29, 1.82) is 0 Å². The number of fused-ring (bicyclic) bond motifs is 3. The average molecular weight is 295 g/mol. The zero-order valence-corrected chi connectivity index (χ0v) is 13.8. The normalized spacial score (nSPS) is 12.2. The van der Waals surface area contributed by atoms with Crippen molar-refractivity contribution in [2.24, 2.45) is 0 Å². The summed E-state index contributed by atoms with van der Waals surface area (Å²) in [5, 5.41) is 0.915. The van der Waals surface area contributed by atoms with Gasteiger partial charge in [0, 0.05) is 33.9 Å². The van der Waals surface area contributed by atoms with Gasteiger partial charge in [0.25, 0.3) is 5.56 Å². The van der Waals surface area contributed by atoms with Gasteiger partial charge in [-0.2, -0.15) is 4.98 Å². The third-order valence-electron chi connectivity index (χ3n) is 4.16. The molecule has 0 aliphatic heterocycles. The highest BCUT2D eigenvalue weighted by Gasteiger charge is 2.17. The van der Waals surface area contributed by atoms with E-state index in [0.717, 1.165) is 27.9 Å². The summed E-state index contributed by atoms with van der Waals surface area (Å²) in [7, 11) is 0. The molecular weight excluding hydrogens is 274 g/mol. The van der Waals surface area contributed by atoms with Crippen molar-refractivity contribution in [2.75, 3.05) is 0 Å². The molecule has 0 bridgehead atoms. The molecule has 0 fully saturated rings. The van der Waals surface area contributed by atoms with E-state index in [1.807, 2.05) is 42.6 Å². The van der Waals surface area contributed by atoms with E-state index >= 15 is 0 Å². The van der Waals surface area contributed by atoms with E-state index in [2.05, 4.69) is 25.8 Å². The zero-order chi connectivity index (χ0) is 16.1. The minimum atomic E-state index is -0.132. The zero-order valence-electron chi connectivity index (χ0n) is 13.8. The lowest BCUT2D eigenvalue weighted by molar-refractivity contribution is 0.571. The third-order valence-corrected chi connectivity index (χ3v) is 4.16. The minimum absolute atomic E-state index is 0.00457. The van der Waals surface area contributed by atoms with Gasteiger partial charge in [-0.05, 0) is 31.5 Å². The molecule has 0 saturated carbocycles. The average Bonchev–Trinajstić information content (AvgIpc) is 2.46. The van der Waals surface area contributed by atoms with Crippen LogP contribution in [0.5, 0.6) is 0 Å². The molecule has 3 rings (SSSR count). The first-order valence-electron chi connectivity index (χ1n) is 7.65. The Morgan fingerprint density at radius 1 is 1.14 bits per heavy atom. The standard InChI is InChI=1S/C18H21N3O/c1-6-12-11(2)21-10-9-14-13(16(21)20-17(12)22)7-8-15(19-14)18(3,4)5/h7-10H,6H2,1-5H3. The highest BCUT2D eigenvalue weighted by molar-refractivity contribution is 5.91. The van der Waals surface area contributed by atoms with Crippen LogP contribution in [0.15, 0.2) is 29.2 Å². The van der Waals surface area contributed by atoms with Crippen LogP contribution >= 0.6 is 0 Å². The summed E-state index contributed by atoms with van der Waals surface area (Å²) in [6, 6.07) is 6.05. The van der Waals surface area contributed by atoms with Crippen molar-refractivity contribution in [1.82, 2.24) is 14.4 Å². The molecule has 0 aliphatic carbocycles.